The van der Waals surface area contributed by atoms with Gasteiger partial charge in [-0.1, -0.05) is 17.7 Å². The number of ether oxygens (including phenoxy) is 1. The molecule has 1 N–H and O–H groups in total. The van der Waals surface area contributed by atoms with Crippen molar-refractivity contribution in [2.75, 3.05) is 12.9 Å². The Kier molecular flexibility index (Phi) is 5.58. The molecule has 1 aliphatic rings. The summed E-state index contributed by atoms with van der Waals surface area (Å²) in [6, 6.07) is 7.95. The summed E-state index contributed by atoms with van der Waals surface area (Å²) in [5.41, 5.74) is -0.601. The van der Waals surface area contributed by atoms with E-state index in [1.54, 1.807) is 11.8 Å². The highest BCUT2D eigenvalue weighted by molar-refractivity contribution is 7.99. The number of nitrogens with one attached hydrogen (secondary N) is 1. The molecule has 116 valence electrons. The van der Waals surface area contributed by atoms with E-state index in [-0.39, 0.29) is 12.0 Å². The Labute approximate surface area is 135 Å². The van der Waals surface area contributed by atoms with Crippen LogP contribution in [0, 0.1) is 5.92 Å². The largest absolute Gasteiger partial charge is 0.468 e. The lowest BCUT2D eigenvalue weighted by molar-refractivity contribution is -0.148. The second-order valence-corrected chi connectivity index (χ2v) is 7.27. The molecule has 1 aromatic rings. The number of hydrogen-bond acceptors (Lipinski definition) is 4. The fraction of sp³-hybridized carbons (Fsp3) is 0.562. The molecular formula is C16H22ClNO2S. The first-order chi connectivity index (χ1) is 9.98. The van der Waals surface area contributed by atoms with Gasteiger partial charge in [0.2, 0.25) is 0 Å². The maximum atomic E-state index is 12.4. The van der Waals surface area contributed by atoms with E-state index in [1.165, 1.54) is 7.11 Å². The minimum atomic E-state index is -0.601. The number of benzene rings is 1. The molecule has 0 amide bonds. The maximum absolute atomic E-state index is 12.4. The van der Waals surface area contributed by atoms with Gasteiger partial charge in [-0.2, -0.15) is 0 Å². The van der Waals surface area contributed by atoms with Gasteiger partial charge in [0, 0.05) is 21.7 Å². The molecule has 1 aliphatic carbocycles. The van der Waals surface area contributed by atoms with Crippen LogP contribution in [-0.4, -0.2) is 30.4 Å². The van der Waals surface area contributed by atoms with Crippen molar-refractivity contribution in [2.45, 2.75) is 43.2 Å². The first-order valence-electron chi connectivity index (χ1n) is 7.22. The number of methoxy groups -OCH3 is 1. The van der Waals surface area contributed by atoms with Gasteiger partial charge < -0.3 is 4.74 Å². The van der Waals surface area contributed by atoms with Gasteiger partial charge in [0.25, 0.3) is 0 Å². The summed E-state index contributed by atoms with van der Waals surface area (Å²) in [5, 5.41) is 4.18. The number of hydrogen-bond donors (Lipinski definition) is 1. The third-order valence-electron chi connectivity index (χ3n) is 3.63. The highest BCUT2D eigenvalue weighted by atomic mass is 35.5. The Morgan fingerprint density at radius 1 is 1.52 bits per heavy atom. The fourth-order valence-corrected chi connectivity index (χ4v) is 4.06. The third-order valence-corrected chi connectivity index (χ3v) is 5.05. The summed E-state index contributed by atoms with van der Waals surface area (Å²) in [7, 11) is 1.46. The van der Waals surface area contributed by atoms with E-state index in [9.17, 15) is 4.79 Å². The standard InChI is InChI=1S/C16H22ClNO2S/c1-11(2)18-16(12-7-8-12,15(19)20-3)10-21-14-6-4-5-13(17)9-14/h4-6,9,11-12,18H,7-8,10H2,1-3H3. The van der Waals surface area contributed by atoms with E-state index in [0.717, 1.165) is 17.7 Å². The van der Waals surface area contributed by atoms with E-state index >= 15 is 0 Å². The Bertz CT molecular complexity index is 505. The zero-order valence-electron chi connectivity index (χ0n) is 12.7. The van der Waals surface area contributed by atoms with Gasteiger partial charge in [0.1, 0.15) is 5.54 Å². The number of thioether (sulfide) groups is 1. The molecule has 1 saturated carbocycles. The normalized spacial score (nSPS) is 17.6. The van der Waals surface area contributed by atoms with Crippen LogP contribution in [0.3, 0.4) is 0 Å². The zero-order chi connectivity index (χ0) is 15.5. The number of esters is 1. The SMILES string of the molecule is COC(=O)C(CSc1cccc(Cl)c1)(NC(C)C)C1CC1. The summed E-state index contributed by atoms with van der Waals surface area (Å²) < 4.78 is 5.09. The quantitative estimate of drug-likeness (QED) is 0.611. The maximum Gasteiger partial charge on any atom is 0.327 e. The van der Waals surface area contributed by atoms with Gasteiger partial charge in [0.15, 0.2) is 0 Å². The van der Waals surface area contributed by atoms with E-state index in [1.807, 2.05) is 24.3 Å². The van der Waals surface area contributed by atoms with Crippen LogP contribution >= 0.6 is 23.4 Å². The molecule has 0 heterocycles. The molecule has 1 fully saturated rings. The topological polar surface area (TPSA) is 38.3 Å². The Hall–Kier alpha value is -0.710. The van der Waals surface area contributed by atoms with Crippen LogP contribution in [0.15, 0.2) is 29.2 Å². The average Bonchev–Trinajstić information content (AvgIpc) is 3.27. The number of rotatable bonds is 7. The Morgan fingerprint density at radius 2 is 2.24 bits per heavy atom. The van der Waals surface area contributed by atoms with E-state index in [2.05, 4.69) is 19.2 Å². The van der Waals surface area contributed by atoms with Crippen LogP contribution in [-0.2, 0) is 9.53 Å². The molecule has 1 unspecified atom stereocenters. The molecule has 0 spiro atoms. The van der Waals surface area contributed by atoms with Crippen LogP contribution < -0.4 is 5.32 Å². The molecule has 3 nitrogen and oxygen atoms in total. The molecule has 21 heavy (non-hydrogen) atoms. The lowest BCUT2D eigenvalue weighted by Gasteiger charge is -2.34. The summed E-state index contributed by atoms with van der Waals surface area (Å²) in [6.45, 7) is 4.12. The molecule has 2 rings (SSSR count). The van der Waals surface area contributed by atoms with Crippen molar-refractivity contribution in [1.29, 1.82) is 0 Å². The smallest absolute Gasteiger partial charge is 0.327 e. The van der Waals surface area contributed by atoms with Crippen molar-refractivity contribution in [3.8, 4) is 0 Å². The van der Waals surface area contributed by atoms with Crippen LogP contribution in [0.5, 0.6) is 0 Å². The molecule has 0 aromatic heterocycles. The number of carbonyl (C=O) groups is 1. The number of halogens is 1. The van der Waals surface area contributed by atoms with Gasteiger partial charge in [-0.25, -0.2) is 0 Å². The van der Waals surface area contributed by atoms with Crippen molar-refractivity contribution in [1.82, 2.24) is 5.32 Å². The molecule has 0 bridgehead atoms. The highest BCUT2D eigenvalue weighted by Crippen LogP contribution is 2.43. The highest BCUT2D eigenvalue weighted by Gasteiger charge is 2.52. The predicted octanol–water partition coefficient (Wildman–Crippen LogP) is 3.75. The Balaban J connectivity index is 2.16. The second kappa shape index (κ2) is 7.03. The zero-order valence-corrected chi connectivity index (χ0v) is 14.3. The van der Waals surface area contributed by atoms with Crippen LogP contribution in [0.4, 0.5) is 0 Å². The van der Waals surface area contributed by atoms with Crippen LogP contribution in [0.2, 0.25) is 5.02 Å². The van der Waals surface area contributed by atoms with Crippen molar-refractivity contribution < 1.29 is 9.53 Å². The molecular weight excluding hydrogens is 306 g/mol. The number of carbonyl (C=O) groups excluding carboxylic acids is 1. The lowest BCUT2D eigenvalue weighted by atomic mass is 9.94. The van der Waals surface area contributed by atoms with E-state index < -0.39 is 5.54 Å². The van der Waals surface area contributed by atoms with Gasteiger partial charge in [-0.15, -0.1) is 11.8 Å². The molecule has 0 aliphatic heterocycles. The summed E-state index contributed by atoms with van der Waals surface area (Å²) in [5.74, 6) is 0.857. The molecule has 1 atom stereocenters. The van der Waals surface area contributed by atoms with Crippen molar-refractivity contribution in [3.05, 3.63) is 29.3 Å². The monoisotopic (exact) mass is 327 g/mol. The van der Waals surface area contributed by atoms with Gasteiger partial charge in [-0.05, 0) is 50.8 Å². The average molecular weight is 328 g/mol. The van der Waals surface area contributed by atoms with E-state index in [4.69, 9.17) is 16.3 Å². The first-order valence-corrected chi connectivity index (χ1v) is 8.59. The minimum absolute atomic E-state index is 0.159. The van der Waals surface area contributed by atoms with Crippen molar-refractivity contribution in [2.24, 2.45) is 5.92 Å². The molecule has 1 aromatic carbocycles. The predicted molar refractivity (Wildman–Crippen MR) is 87.9 cm³/mol. The van der Waals surface area contributed by atoms with Gasteiger partial charge in [-0.3, -0.25) is 10.1 Å². The second-order valence-electron chi connectivity index (χ2n) is 5.78. The molecule has 0 radical (unpaired) electrons. The van der Waals surface area contributed by atoms with Crippen molar-refractivity contribution in [3.63, 3.8) is 0 Å². The lowest BCUT2D eigenvalue weighted by Crippen LogP contribution is -2.59. The molecule has 0 saturated heterocycles. The van der Waals surface area contributed by atoms with Gasteiger partial charge in [0.05, 0.1) is 7.11 Å². The van der Waals surface area contributed by atoms with Crippen LogP contribution in [0.1, 0.15) is 26.7 Å². The summed E-state index contributed by atoms with van der Waals surface area (Å²) >= 11 is 7.67. The summed E-state index contributed by atoms with van der Waals surface area (Å²) in [4.78, 5) is 13.5. The van der Waals surface area contributed by atoms with Crippen LogP contribution in [0.25, 0.3) is 0 Å². The minimum Gasteiger partial charge on any atom is -0.468 e. The molecule has 5 heteroatoms. The summed E-state index contributed by atoms with van der Waals surface area (Å²) in [6.07, 6.45) is 2.15. The Morgan fingerprint density at radius 3 is 2.76 bits per heavy atom. The van der Waals surface area contributed by atoms with E-state index in [0.29, 0.717) is 16.7 Å². The fourth-order valence-electron chi connectivity index (χ4n) is 2.59. The van der Waals surface area contributed by atoms with Crippen molar-refractivity contribution >= 4 is 29.3 Å². The van der Waals surface area contributed by atoms with Gasteiger partial charge >= 0.3 is 5.97 Å². The third kappa shape index (κ3) is 4.15. The first kappa shape index (κ1) is 16.7.